The Bertz CT molecular complexity index is 538. The molecule has 0 saturated carbocycles. The maximum Gasteiger partial charge on any atom is 0.252 e. The summed E-state index contributed by atoms with van der Waals surface area (Å²) in [5.41, 5.74) is -0.251. The van der Waals surface area contributed by atoms with Crippen LogP contribution in [0.3, 0.4) is 0 Å². The molecule has 0 atom stereocenters. The maximum atomic E-state index is 11.4. The highest BCUT2D eigenvalue weighted by Crippen LogP contribution is 1.99. The highest BCUT2D eigenvalue weighted by Gasteiger charge is 2.08. The average molecular weight is 274 g/mol. The molecule has 0 spiro atoms. The third kappa shape index (κ3) is 4.84. The summed E-state index contributed by atoms with van der Waals surface area (Å²) in [7, 11) is -3.25. The summed E-state index contributed by atoms with van der Waals surface area (Å²) in [6, 6.07) is 1.30. The molecule has 0 unspecified atom stereocenters. The van der Waals surface area contributed by atoms with Crippen molar-refractivity contribution in [2.45, 2.75) is 20.3 Å². The predicted octanol–water partition coefficient (Wildman–Crippen LogP) is -0.317. The van der Waals surface area contributed by atoms with E-state index in [2.05, 4.69) is 20.0 Å². The van der Waals surface area contributed by atoms with Crippen LogP contribution in [0.1, 0.15) is 19.7 Å². The van der Waals surface area contributed by atoms with E-state index in [0.29, 0.717) is 24.6 Å². The van der Waals surface area contributed by atoms with Crippen molar-refractivity contribution in [1.82, 2.24) is 14.7 Å². The standard InChI is InChI=1S/C10H18N4O3S/c1-3-8-13-9(7-10(15)14-8)11-5-6-18(16,17)12-4-2/h7,12H,3-6H2,1-2H3,(H2,11,13,14,15). The van der Waals surface area contributed by atoms with Crippen LogP contribution < -0.4 is 15.6 Å². The van der Waals surface area contributed by atoms with E-state index in [1.54, 1.807) is 6.92 Å². The van der Waals surface area contributed by atoms with Gasteiger partial charge in [-0.3, -0.25) is 4.79 Å². The Labute approximate surface area is 106 Å². The molecule has 1 heterocycles. The predicted molar refractivity (Wildman–Crippen MR) is 70.2 cm³/mol. The van der Waals surface area contributed by atoms with Crippen LogP contribution in [-0.4, -0.2) is 37.2 Å². The first-order valence-electron chi connectivity index (χ1n) is 5.78. The molecule has 1 rings (SSSR count). The van der Waals surface area contributed by atoms with Gasteiger partial charge in [0.2, 0.25) is 10.0 Å². The zero-order valence-corrected chi connectivity index (χ0v) is 11.3. The SMILES string of the molecule is CCNS(=O)(=O)CCNc1cc(=O)[nH]c(CC)n1. The Morgan fingerprint density at radius 2 is 2.11 bits per heavy atom. The number of aromatic nitrogens is 2. The van der Waals surface area contributed by atoms with Gasteiger partial charge in [0.15, 0.2) is 0 Å². The summed E-state index contributed by atoms with van der Waals surface area (Å²) in [5, 5.41) is 2.82. The van der Waals surface area contributed by atoms with Gasteiger partial charge >= 0.3 is 0 Å². The van der Waals surface area contributed by atoms with E-state index in [9.17, 15) is 13.2 Å². The van der Waals surface area contributed by atoms with Gasteiger partial charge in [0.25, 0.3) is 5.56 Å². The smallest absolute Gasteiger partial charge is 0.252 e. The van der Waals surface area contributed by atoms with Gasteiger partial charge in [0.1, 0.15) is 11.6 Å². The minimum absolute atomic E-state index is 0.0588. The van der Waals surface area contributed by atoms with Crippen LogP contribution >= 0.6 is 0 Å². The summed E-state index contributed by atoms with van der Waals surface area (Å²) in [6.45, 7) is 4.16. The van der Waals surface area contributed by atoms with Crippen molar-refractivity contribution in [3.05, 3.63) is 22.2 Å². The molecule has 0 aliphatic rings. The molecule has 0 bridgehead atoms. The molecule has 0 aliphatic carbocycles. The second-order valence-electron chi connectivity index (χ2n) is 3.67. The molecule has 0 radical (unpaired) electrons. The lowest BCUT2D eigenvalue weighted by atomic mass is 10.4. The lowest BCUT2D eigenvalue weighted by Gasteiger charge is -2.07. The Kier molecular flexibility index (Phi) is 5.29. The van der Waals surface area contributed by atoms with Crippen molar-refractivity contribution in [2.24, 2.45) is 0 Å². The Morgan fingerprint density at radius 1 is 1.39 bits per heavy atom. The van der Waals surface area contributed by atoms with Gasteiger partial charge in [-0.15, -0.1) is 0 Å². The summed E-state index contributed by atoms with van der Waals surface area (Å²) in [4.78, 5) is 18.0. The molecule has 18 heavy (non-hydrogen) atoms. The van der Waals surface area contributed by atoms with E-state index in [-0.39, 0.29) is 17.9 Å². The number of hydrogen-bond acceptors (Lipinski definition) is 5. The van der Waals surface area contributed by atoms with Gasteiger partial charge in [0.05, 0.1) is 5.75 Å². The van der Waals surface area contributed by atoms with E-state index in [4.69, 9.17) is 0 Å². The quantitative estimate of drug-likeness (QED) is 0.632. The van der Waals surface area contributed by atoms with Gasteiger partial charge in [0, 0.05) is 25.6 Å². The van der Waals surface area contributed by atoms with Crippen LogP contribution in [0.5, 0.6) is 0 Å². The first kappa shape index (κ1) is 14.7. The number of rotatable bonds is 7. The molecule has 3 N–H and O–H groups in total. The molecule has 8 heteroatoms. The van der Waals surface area contributed by atoms with Crippen molar-refractivity contribution in [3.8, 4) is 0 Å². The normalized spacial score (nSPS) is 11.4. The van der Waals surface area contributed by atoms with Gasteiger partial charge in [-0.25, -0.2) is 18.1 Å². The highest BCUT2D eigenvalue weighted by molar-refractivity contribution is 7.89. The zero-order chi connectivity index (χ0) is 13.6. The molecular weight excluding hydrogens is 256 g/mol. The zero-order valence-electron chi connectivity index (χ0n) is 10.5. The number of sulfonamides is 1. The van der Waals surface area contributed by atoms with Crippen molar-refractivity contribution in [2.75, 3.05) is 24.2 Å². The second-order valence-corrected chi connectivity index (χ2v) is 5.60. The van der Waals surface area contributed by atoms with Crippen molar-refractivity contribution in [1.29, 1.82) is 0 Å². The van der Waals surface area contributed by atoms with Crippen molar-refractivity contribution < 1.29 is 8.42 Å². The highest BCUT2D eigenvalue weighted by atomic mass is 32.2. The minimum Gasteiger partial charge on any atom is -0.369 e. The topological polar surface area (TPSA) is 104 Å². The van der Waals surface area contributed by atoms with Crippen LogP contribution in [0.25, 0.3) is 0 Å². The number of aryl methyl sites for hydroxylation is 1. The molecule has 0 fully saturated rings. The maximum absolute atomic E-state index is 11.4. The number of hydrogen-bond donors (Lipinski definition) is 3. The van der Waals surface area contributed by atoms with Crippen LogP contribution in [0.4, 0.5) is 5.82 Å². The average Bonchev–Trinajstić information content (AvgIpc) is 2.27. The largest absolute Gasteiger partial charge is 0.369 e. The Morgan fingerprint density at radius 3 is 2.72 bits per heavy atom. The molecule has 0 aromatic carbocycles. The van der Waals surface area contributed by atoms with E-state index in [1.165, 1.54) is 6.07 Å². The number of anilines is 1. The van der Waals surface area contributed by atoms with Gasteiger partial charge in [-0.2, -0.15) is 0 Å². The molecular formula is C10H18N4O3S. The lowest BCUT2D eigenvalue weighted by molar-refractivity contribution is 0.584. The van der Waals surface area contributed by atoms with E-state index < -0.39 is 10.0 Å². The first-order valence-corrected chi connectivity index (χ1v) is 7.43. The molecule has 0 saturated heterocycles. The molecule has 1 aromatic heterocycles. The fourth-order valence-corrected chi connectivity index (χ4v) is 2.33. The second kappa shape index (κ2) is 6.50. The van der Waals surface area contributed by atoms with Crippen LogP contribution in [-0.2, 0) is 16.4 Å². The molecule has 0 aliphatic heterocycles. The fraction of sp³-hybridized carbons (Fsp3) is 0.600. The number of aromatic amines is 1. The fourth-order valence-electron chi connectivity index (χ4n) is 1.37. The van der Waals surface area contributed by atoms with E-state index >= 15 is 0 Å². The van der Waals surface area contributed by atoms with Gasteiger partial charge in [-0.05, 0) is 0 Å². The lowest BCUT2D eigenvalue weighted by Crippen LogP contribution is -2.29. The molecule has 102 valence electrons. The van der Waals surface area contributed by atoms with Crippen LogP contribution in [0.2, 0.25) is 0 Å². The summed E-state index contributed by atoms with van der Waals surface area (Å²) in [6.07, 6.45) is 0.612. The number of nitrogens with zero attached hydrogens (tertiary/aromatic N) is 1. The Hall–Kier alpha value is -1.41. The van der Waals surface area contributed by atoms with Gasteiger partial charge in [-0.1, -0.05) is 13.8 Å². The minimum atomic E-state index is -3.25. The summed E-state index contributed by atoms with van der Waals surface area (Å²) < 4.78 is 25.1. The number of nitrogens with one attached hydrogen (secondary N) is 3. The van der Waals surface area contributed by atoms with Crippen molar-refractivity contribution in [3.63, 3.8) is 0 Å². The van der Waals surface area contributed by atoms with Crippen LogP contribution in [0, 0.1) is 0 Å². The van der Waals surface area contributed by atoms with Crippen LogP contribution in [0.15, 0.2) is 10.9 Å². The molecule has 0 amide bonds. The molecule has 7 nitrogen and oxygen atoms in total. The Balaban J connectivity index is 2.59. The van der Waals surface area contributed by atoms with Crippen molar-refractivity contribution >= 4 is 15.8 Å². The van der Waals surface area contributed by atoms with Gasteiger partial charge < -0.3 is 10.3 Å². The molecule has 1 aromatic rings. The monoisotopic (exact) mass is 274 g/mol. The number of H-pyrrole nitrogens is 1. The summed E-state index contributed by atoms with van der Waals surface area (Å²) >= 11 is 0. The third-order valence-corrected chi connectivity index (χ3v) is 3.64. The van der Waals surface area contributed by atoms with E-state index in [1.807, 2.05) is 6.92 Å². The summed E-state index contributed by atoms with van der Waals surface area (Å²) in [5.74, 6) is 0.901. The third-order valence-electron chi connectivity index (χ3n) is 2.17. The van der Waals surface area contributed by atoms with E-state index in [0.717, 1.165) is 0 Å². The first-order chi connectivity index (χ1) is 8.46.